The minimum absolute atomic E-state index is 0.122. The Morgan fingerprint density at radius 3 is 2.32 bits per heavy atom. The minimum atomic E-state index is -3.46. The molecule has 0 atom stereocenters. The van der Waals surface area contributed by atoms with E-state index in [9.17, 15) is 18.0 Å². The van der Waals surface area contributed by atoms with E-state index in [2.05, 4.69) is 5.32 Å². The summed E-state index contributed by atoms with van der Waals surface area (Å²) in [5, 5.41) is 3.84. The van der Waals surface area contributed by atoms with Crippen LogP contribution in [0.25, 0.3) is 33.0 Å². The van der Waals surface area contributed by atoms with Gasteiger partial charge in [-0.25, -0.2) is 12.7 Å². The molecule has 0 fully saturated rings. The predicted molar refractivity (Wildman–Crippen MR) is 141 cm³/mol. The first-order valence-corrected chi connectivity index (χ1v) is 13.5. The fourth-order valence-corrected chi connectivity index (χ4v) is 6.51. The highest BCUT2D eigenvalue weighted by Gasteiger charge is 2.35. The Labute approximate surface area is 214 Å². The molecule has 0 spiro atoms. The average molecular weight is 522 g/mol. The molecule has 0 saturated carbocycles. The lowest BCUT2D eigenvalue weighted by Gasteiger charge is -2.18. The molecular formula is C27H27N3O6S. The normalized spacial score (nSPS) is 14.4. The first-order valence-electron chi connectivity index (χ1n) is 11.9. The molecule has 0 saturated heterocycles. The zero-order valence-corrected chi connectivity index (χ0v) is 21.8. The van der Waals surface area contributed by atoms with Crippen molar-refractivity contribution in [3.63, 3.8) is 0 Å². The molecule has 2 aromatic heterocycles. The van der Waals surface area contributed by atoms with Gasteiger partial charge >= 0.3 is 0 Å². The highest BCUT2D eigenvalue weighted by atomic mass is 32.2. The van der Waals surface area contributed by atoms with Crippen molar-refractivity contribution in [2.24, 2.45) is 7.05 Å². The van der Waals surface area contributed by atoms with Crippen LogP contribution in [0.15, 0.2) is 53.3 Å². The molecule has 9 nitrogen and oxygen atoms in total. The molecule has 0 unspecified atom stereocenters. The van der Waals surface area contributed by atoms with Crippen LogP contribution in [0.2, 0.25) is 0 Å². The van der Waals surface area contributed by atoms with Crippen molar-refractivity contribution in [1.82, 2.24) is 14.2 Å². The number of hydrogen-bond donors (Lipinski definition) is 1. The second kappa shape index (κ2) is 9.20. The predicted octanol–water partition coefficient (Wildman–Crippen LogP) is 3.67. The SMILES string of the molecule is CCN(CC)S(=O)(=O)Cc1ccc2c(C3=C(c4coc5cc(OC)ccc45)C(=O)NC3=O)cn(C)c2c1. The van der Waals surface area contributed by atoms with Crippen LogP contribution in [-0.2, 0) is 32.4 Å². The number of imide groups is 1. The van der Waals surface area contributed by atoms with Gasteiger partial charge < -0.3 is 13.7 Å². The molecule has 1 N–H and O–H groups in total. The van der Waals surface area contributed by atoms with Gasteiger partial charge in [-0.1, -0.05) is 26.0 Å². The number of fused-ring (bicyclic) bond motifs is 2. The fraction of sp³-hybridized carbons (Fsp3) is 0.259. The summed E-state index contributed by atoms with van der Waals surface area (Å²) >= 11 is 0. The van der Waals surface area contributed by atoms with Crippen molar-refractivity contribution in [3.05, 3.63) is 65.5 Å². The highest BCUT2D eigenvalue weighted by molar-refractivity contribution is 7.88. The molecule has 4 aromatic rings. The summed E-state index contributed by atoms with van der Waals surface area (Å²) in [5.41, 5.74) is 3.50. The number of aryl methyl sites for hydroxylation is 1. The van der Waals surface area contributed by atoms with E-state index < -0.39 is 21.8 Å². The zero-order valence-electron chi connectivity index (χ0n) is 21.0. The second-order valence-electron chi connectivity index (χ2n) is 8.89. The number of carbonyl (C=O) groups is 2. The maximum Gasteiger partial charge on any atom is 0.259 e. The Kier molecular flexibility index (Phi) is 6.17. The number of rotatable bonds is 8. The average Bonchev–Trinajstić information content (AvgIpc) is 3.51. The van der Waals surface area contributed by atoms with E-state index >= 15 is 0 Å². The molecule has 5 rings (SSSR count). The lowest BCUT2D eigenvalue weighted by Crippen LogP contribution is -2.31. The summed E-state index contributed by atoms with van der Waals surface area (Å²) in [6.07, 6.45) is 3.26. The molecule has 1 aliphatic rings. The smallest absolute Gasteiger partial charge is 0.259 e. The molecule has 2 amide bonds. The number of nitrogens with zero attached hydrogens (tertiary/aromatic N) is 2. The Balaban J connectivity index is 1.64. The van der Waals surface area contributed by atoms with Crippen molar-refractivity contribution in [2.75, 3.05) is 20.2 Å². The molecule has 0 aliphatic carbocycles. The molecule has 192 valence electrons. The van der Waals surface area contributed by atoms with Gasteiger partial charge in [-0.2, -0.15) is 0 Å². The number of ether oxygens (including phenoxy) is 1. The minimum Gasteiger partial charge on any atom is -0.497 e. The molecule has 0 radical (unpaired) electrons. The largest absolute Gasteiger partial charge is 0.497 e. The number of carbonyl (C=O) groups excluding carboxylic acids is 2. The summed E-state index contributed by atoms with van der Waals surface area (Å²) in [6, 6.07) is 10.6. The maximum absolute atomic E-state index is 13.0. The van der Waals surface area contributed by atoms with E-state index in [1.165, 1.54) is 10.6 Å². The van der Waals surface area contributed by atoms with Crippen LogP contribution in [-0.4, -0.2) is 49.3 Å². The van der Waals surface area contributed by atoms with Gasteiger partial charge in [-0.3, -0.25) is 14.9 Å². The van der Waals surface area contributed by atoms with E-state index in [1.807, 2.05) is 31.5 Å². The summed E-state index contributed by atoms with van der Waals surface area (Å²) in [7, 11) is -0.0820. The number of benzene rings is 2. The van der Waals surface area contributed by atoms with Gasteiger partial charge in [0.1, 0.15) is 11.3 Å². The maximum atomic E-state index is 13.0. The Morgan fingerprint density at radius 2 is 1.65 bits per heavy atom. The van der Waals surface area contributed by atoms with Gasteiger partial charge in [-0.05, 0) is 23.8 Å². The van der Waals surface area contributed by atoms with Gasteiger partial charge in [0, 0.05) is 59.8 Å². The lowest BCUT2D eigenvalue weighted by molar-refractivity contribution is -0.122. The topological polar surface area (TPSA) is 111 Å². The molecule has 3 heterocycles. The Morgan fingerprint density at radius 1 is 0.973 bits per heavy atom. The van der Waals surface area contributed by atoms with Crippen molar-refractivity contribution in [3.8, 4) is 5.75 Å². The summed E-state index contributed by atoms with van der Waals surface area (Å²) in [6.45, 7) is 4.44. The Bertz CT molecular complexity index is 1710. The number of amides is 2. The van der Waals surface area contributed by atoms with Gasteiger partial charge in [0.15, 0.2) is 0 Å². The van der Waals surface area contributed by atoms with E-state index in [4.69, 9.17) is 9.15 Å². The number of nitrogens with one attached hydrogen (secondary N) is 1. The van der Waals surface area contributed by atoms with E-state index in [0.29, 0.717) is 46.5 Å². The van der Waals surface area contributed by atoms with Gasteiger partial charge in [0.25, 0.3) is 11.8 Å². The van der Waals surface area contributed by atoms with E-state index in [1.54, 1.807) is 43.6 Å². The summed E-state index contributed by atoms with van der Waals surface area (Å²) < 4.78 is 39.8. The first kappa shape index (κ1) is 24.8. The number of sulfonamides is 1. The molecule has 1 aliphatic heterocycles. The van der Waals surface area contributed by atoms with Gasteiger partial charge in [0.2, 0.25) is 10.0 Å². The van der Waals surface area contributed by atoms with Gasteiger partial charge in [0.05, 0.1) is 30.3 Å². The highest BCUT2D eigenvalue weighted by Crippen LogP contribution is 2.39. The van der Waals surface area contributed by atoms with Crippen LogP contribution in [0, 0.1) is 0 Å². The van der Waals surface area contributed by atoms with Crippen LogP contribution in [0.1, 0.15) is 30.5 Å². The zero-order chi connectivity index (χ0) is 26.5. The fourth-order valence-electron chi connectivity index (χ4n) is 4.94. The van der Waals surface area contributed by atoms with E-state index in [0.717, 1.165) is 10.9 Å². The van der Waals surface area contributed by atoms with Crippen LogP contribution in [0.5, 0.6) is 5.75 Å². The third-order valence-corrected chi connectivity index (χ3v) is 8.76. The van der Waals surface area contributed by atoms with Crippen LogP contribution in [0.4, 0.5) is 0 Å². The molecule has 0 bridgehead atoms. The molecular weight excluding hydrogens is 494 g/mol. The molecule has 37 heavy (non-hydrogen) atoms. The van der Waals surface area contributed by atoms with Crippen molar-refractivity contribution < 1.29 is 27.2 Å². The number of aromatic nitrogens is 1. The number of hydrogen-bond acceptors (Lipinski definition) is 6. The second-order valence-corrected chi connectivity index (χ2v) is 10.9. The number of methoxy groups -OCH3 is 1. The summed E-state index contributed by atoms with van der Waals surface area (Å²) in [4.78, 5) is 26.0. The first-order chi connectivity index (χ1) is 17.7. The van der Waals surface area contributed by atoms with Crippen molar-refractivity contribution >= 4 is 54.9 Å². The Hall–Kier alpha value is -3.89. The quantitative estimate of drug-likeness (QED) is 0.354. The van der Waals surface area contributed by atoms with Gasteiger partial charge in [-0.15, -0.1) is 0 Å². The third-order valence-electron chi connectivity index (χ3n) is 6.76. The number of furan rings is 1. The molecule has 2 aromatic carbocycles. The lowest BCUT2D eigenvalue weighted by atomic mass is 9.95. The van der Waals surface area contributed by atoms with Crippen LogP contribution < -0.4 is 10.1 Å². The monoisotopic (exact) mass is 521 g/mol. The van der Waals surface area contributed by atoms with Crippen molar-refractivity contribution in [1.29, 1.82) is 0 Å². The van der Waals surface area contributed by atoms with Crippen molar-refractivity contribution in [2.45, 2.75) is 19.6 Å². The standard InChI is InChI=1S/C27H27N3O6S/c1-5-30(6-2)37(33,34)15-16-7-9-18-20(13-29(3)22(18)11-16)24-25(27(32)28-26(24)31)21-14-36-23-12-17(35-4)8-10-19(21)23/h7-14H,5-6,15H2,1-4H3,(H,28,31,32). The molecule has 10 heteroatoms. The van der Waals surface area contributed by atoms with Crippen LogP contribution >= 0.6 is 0 Å². The third kappa shape index (κ3) is 4.11. The summed E-state index contributed by atoms with van der Waals surface area (Å²) in [5.74, 6) is -0.508. The van der Waals surface area contributed by atoms with E-state index in [-0.39, 0.29) is 16.9 Å². The van der Waals surface area contributed by atoms with Crippen LogP contribution in [0.3, 0.4) is 0 Å².